The smallest absolute Gasteiger partial charge is 0.0208 e. The molecule has 0 heterocycles. The summed E-state index contributed by atoms with van der Waals surface area (Å²) in [4.78, 5) is 0. The second-order valence-corrected chi connectivity index (χ2v) is 7.20. The van der Waals surface area contributed by atoms with E-state index in [1.54, 1.807) is 0 Å². The lowest BCUT2D eigenvalue weighted by Gasteiger charge is -2.29. The molecule has 0 bridgehead atoms. The van der Waals surface area contributed by atoms with Crippen molar-refractivity contribution in [2.45, 2.75) is 71.4 Å². The van der Waals surface area contributed by atoms with Crippen LogP contribution in [0.4, 0.5) is 0 Å². The van der Waals surface area contributed by atoms with E-state index in [9.17, 15) is 0 Å². The van der Waals surface area contributed by atoms with Gasteiger partial charge in [0.25, 0.3) is 0 Å². The van der Waals surface area contributed by atoms with Crippen LogP contribution in [0, 0.1) is 5.92 Å². The number of hydrogen-bond acceptors (Lipinski definition) is 1. The van der Waals surface area contributed by atoms with Crippen LogP contribution in [0.1, 0.15) is 64.5 Å². The van der Waals surface area contributed by atoms with Crippen LogP contribution in [0.3, 0.4) is 0 Å². The fraction of sp³-hybridized carbons (Fsp3) is 0.667. The molecule has 19 heavy (non-hydrogen) atoms. The molecule has 1 aliphatic rings. The number of hydrogen-bond donors (Lipinski definition) is 1. The van der Waals surface area contributed by atoms with Crippen molar-refractivity contribution in [3.8, 4) is 0 Å². The Kier molecular flexibility index (Phi) is 4.67. The minimum absolute atomic E-state index is 0.254. The van der Waals surface area contributed by atoms with E-state index in [4.69, 9.17) is 0 Å². The Hall–Kier alpha value is -0.820. The Morgan fingerprint density at radius 2 is 1.68 bits per heavy atom. The molecule has 0 amide bonds. The lowest BCUT2D eigenvalue weighted by atomic mass is 9.85. The predicted molar refractivity (Wildman–Crippen MR) is 83.4 cm³/mol. The molecular weight excluding hydrogens is 230 g/mol. The Balaban J connectivity index is 1.89. The molecule has 1 aromatic carbocycles. The van der Waals surface area contributed by atoms with Gasteiger partial charge in [0.1, 0.15) is 0 Å². The Labute approximate surface area is 118 Å². The average Bonchev–Trinajstić information content (AvgIpc) is 2.37. The van der Waals surface area contributed by atoms with Gasteiger partial charge in [0.2, 0.25) is 0 Å². The first kappa shape index (κ1) is 14.6. The molecule has 0 radical (unpaired) electrons. The van der Waals surface area contributed by atoms with Crippen LogP contribution in [0.2, 0.25) is 0 Å². The summed E-state index contributed by atoms with van der Waals surface area (Å²) in [5.41, 5.74) is 3.08. The third-order valence-electron chi connectivity index (χ3n) is 4.50. The summed E-state index contributed by atoms with van der Waals surface area (Å²) < 4.78 is 0. The van der Waals surface area contributed by atoms with Crippen LogP contribution in [-0.4, -0.2) is 6.04 Å². The van der Waals surface area contributed by atoms with Crippen molar-refractivity contribution in [1.29, 1.82) is 0 Å². The molecule has 1 aromatic rings. The fourth-order valence-corrected chi connectivity index (χ4v) is 2.99. The summed E-state index contributed by atoms with van der Waals surface area (Å²) in [5, 5.41) is 3.75. The summed E-state index contributed by atoms with van der Waals surface area (Å²) >= 11 is 0. The van der Waals surface area contributed by atoms with Gasteiger partial charge in [-0.05, 0) is 35.3 Å². The van der Waals surface area contributed by atoms with Crippen molar-refractivity contribution in [3.63, 3.8) is 0 Å². The second-order valence-electron chi connectivity index (χ2n) is 7.20. The van der Waals surface area contributed by atoms with Crippen LogP contribution in [-0.2, 0) is 12.0 Å². The summed E-state index contributed by atoms with van der Waals surface area (Å²) in [6.45, 7) is 10.2. The topological polar surface area (TPSA) is 12.0 Å². The Bertz CT molecular complexity index is 385. The molecule has 1 N–H and O–H groups in total. The standard InChI is InChI=1S/C18H29N/c1-14-7-5-6-8-17(14)19-13-15-9-11-16(12-10-15)18(2,3)4/h9-12,14,17,19H,5-8,13H2,1-4H3. The second kappa shape index (κ2) is 6.09. The monoisotopic (exact) mass is 259 g/mol. The van der Waals surface area contributed by atoms with E-state index in [-0.39, 0.29) is 5.41 Å². The van der Waals surface area contributed by atoms with E-state index in [2.05, 4.69) is 57.3 Å². The highest BCUT2D eigenvalue weighted by Gasteiger charge is 2.20. The third-order valence-corrected chi connectivity index (χ3v) is 4.50. The van der Waals surface area contributed by atoms with Crippen LogP contribution < -0.4 is 5.32 Å². The first-order valence-electron chi connectivity index (χ1n) is 7.79. The van der Waals surface area contributed by atoms with Crippen molar-refractivity contribution in [3.05, 3.63) is 35.4 Å². The molecule has 0 aliphatic heterocycles. The van der Waals surface area contributed by atoms with Crippen LogP contribution in [0.25, 0.3) is 0 Å². The third kappa shape index (κ3) is 4.07. The lowest BCUT2D eigenvalue weighted by Crippen LogP contribution is -2.36. The molecular formula is C18H29N. The van der Waals surface area contributed by atoms with E-state index < -0.39 is 0 Å². The maximum Gasteiger partial charge on any atom is 0.0208 e. The van der Waals surface area contributed by atoms with Crippen molar-refractivity contribution in [1.82, 2.24) is 5.32 Å². The SMILES string of the molecule is CC1CCCCC1NCc1ccc(C(C)(C)C)cc1. The number of benzene rings is 1. The highest BCUT2D eigenvalue weighted by Crippen LogP contribution is 2.25. The molecule has 0 spiro atoms. The van der Waals surface area contributed by atoms with Gasteiger partial charge < -0.3 is 5.32 Å². The van der Waals surface area contributed by atoms with E-state index in [1.807, 2.05) is 0 Å². The zero-order valence-electron chi connectivity index (χ0n) is 13.0. The zero-order chi connectivity index (χ0) is 13.9. The quantitative estimate of drug-likeness (QED) is 0.833. The first-order valence-corrected chi connectivity index (χ1v) is 7.79. The van der Waals surface area contributed by atoms with Crippen molar-refractivity contribution in [2.75, 3.05) is 0 Å². The van der Waals surface area contributed by atoms with Crippen LogP contribution in [0.15, 0.2) is 24.3 Å². The van der Waals surface area contributed by atoms with E-state index >= 15 is 0 Å². The van der Waals surface area contributed by atoms with Gasteiger partial charge in [-0.3, -0.25) is 0 Å². The fourth-order valence-electron chi connectivity index (χ4n) is 2.99. The van der Waals surface area contributed by atoms with E-state index in [0.717, 1.165) is 18.5 Å². The maximum absolute atomic E-state index is 3.75. The van der Waals surface area contributed by atoms with Gasteiger partial charge >= 0.3 is 0 Å². The molecule has 0 saturated heterocycles. The van der Waals surface area contributed by atoms with Gasteiger partial charge in [-0.2, -0.15) is 0 Å². The summed E-state index contributed by atoms with van der Waals surface area (Å²) in [7, 11) is 0. The van der Waals surface area contributed by atoms with Crippen LogP contribution in [0.5, 0.6) is 0 Å². The molecule has 1 aliphatic carbocycles. The van der Waals surface area contributed by atoms with Gasteiger partial charge in [-0.1, -0.05) is 64.8 Å². The maximum atomic E-state index is 3.75. The number of rotatable bonds is 3. The lowest BCUT2D eigenvalue weighted by molar-refractivity contribution is 0.279. The van der Waals surface area contributed by atoms with E-state index in [1.165, 1.54) is 36.8 Å². The van der Waals surface area contributed by atoms with Crippen molar-refractivity contribution >= 4 is 0 Å². The largest absolute Gasteiger partial charge is 0.310 e. The molecule has 1 heteroatoms. The summed E-state index contributed by atoms with van der Waals surface area (Å²) in [5.74, 6) is 0.836. The predicted octanol–water partition coefficient (Wildman–Crippen LogP) is 4.65. The van der Waals surface area contributed by atoms with Crippen molar-refractivity contribution < 1.29 is 0 Å². The summed E-state index contributed by atoms with van der Waals surface area (Å²) in [6, 6.07) is 9.83. The molecule has 1 nitrogen and oxygen atoms in total. The average molecular weight is 259 g/mol. The number of nitrogens with one attached hydrogen (secondary N) is 1. The van der Waals surface area contributed by atoms with E-state index in [0.29, 0.717) is 0 Å². The minimum Gasteiger partial charge on any atom is -0.310 e. The van der Waals surface area contributed by atoms with Crippen LogP contribution >= 0.6 is 0 Å². The van der Waals surface area contributed by atoms with Gasteiger partial charge in [0, 0.05) is 12.6 Å². The molecule has 1 saturated carbocycles. The van der Waals surface area contributed by atoms with Gasteiger partial charge in [-0.15, -0.1) is 0 Å². The molecule has 2 rings (SSSR count). The molecule has 2 atom stereocenters. The highest BCUT2D eigenvalue weighted by molar-refractivity contribution is 5.27. The summed E-state index contributed by atoms with van der Waals surface area (Å²) in [6.07, 6.45) is 5.55. The Morgan fingerprint density at radius 1 is 1.05 bits per heavy atom. The zero-order valence-corrected chi connectivity index (χ0v) is 13.0. The first-order chi connectivity index (χ1) is 8.97. The molecule has 2 unspecified atom stereocenters. The highest BCUT2D eigenvalue weighted by atomic mass is 14.9. The molecule has 1 fully saturated rings. The Morgan fingerprint density at radius 3 is 2.26 bits per heavy atom. The van der Waals surface area contributed by atoms with Gasteiger partial charge in [-0.25, -0.2) is 0 Å². The molecule has 106 valence electrons. The minimum atomic E-state index is 0.254. The van der Waals surface area contributed by atoms with Crippen molar-refractivity contribution in [2.24, 2.45) is 5.92 Å². The van der Waals surface area contributed by atoms with Gasteiger partial charge in [0.15, 0.2) is 0 Å². The van der Waals surface area contributed by atoms with Gasteiger partial charge in [0.05, 0.1) is 0 Å². The molecule has 0 aromatic heterocycles. The normalized spacial score (nSPS) is 24.4.